The summed E-state index contributed by atoms with van der Waals surface area (Å²) in [6, 6.07) is 4.02. The van der Waals surface area contributed by atoms with Gasteiger partial charge in [0.25, 0.3) is 0 Å². The van der Waals surface area contributed by atoms with Crippen LogP contribution in [0.25, 0.3) is 0 Å². The minimum absolute atomic E-state index is 0.0983. The van der Waals surface area contributed by atoms with Crippen LogP contribution in [0, 0.1) is 11.3 Å². The Morgan fingerprint density at radius 3 is 2.93 bits per heavy atom. The van der Waals surface area contributed by atoms with Crippen LogP contribution in [0.5, 0.6) is 0 Å². The maximum absolute atomic E-state index is 8.61. The van der Waals surface area contributed by atoms with Crippen LogP contribution in [0.2, 0.25) is 5.02 Å². The second-order valence-corrected chi connectivity index (χ2v) is 4.60. The first-order valence-electron chi connectivity index (χ1n) is 4.47. The molecule has 5 heteroatoms. The highest BCUT2D eigenvalue weighted by atomic mass is 79.9. The molecule has 1 rings (SSSR count). The Kier molecular flexibility index (Phi) is 4.37. The monoisotopic (exact) mass is 287 g/mol. The van der Waals surface area contributed by atoms with E-state index >= 15 is 0 Å². The molecule has 1 aromatic rings. The second-order valence-electron chi connectivity index (χ2n) is 3.28. The van der Waals surface area contributed by atoms with Gasteiger partial charge in [-0.15, -0.1) is 0 Å². The lowest BCUT2D eigenvalue weighted by atomic mass is 10.2. The fourth-order valence-corrected chi connectivity index (χ4v) is 1.91. The fourth-order valence-electron chi connectivity index (χ4n) is 1.14. The largest absolute Gasteiger partial charge is 0.355 e. The van der Waals surface area contributed by atoms with Gasteiger partial charge in [-0.25, -0.2) is 4.98 Å². The summed E-state index contributed by atoms with van der Waals surface area (Å²) in [5, 5.41) is 9.19. The molecule has 0 aliphatic carbocycles. The molecule has 1 aromatic heterocycles. The lowest BCUT2D eigenvalue weighted by molar-refractivity contribution is 0.694. The zero-order chi connectivity index (χ0) is 11.4. The third kappa shape index (κ3) is 3.08. The van der Waals surface area contributed by atoms with Gasteiger partial charge in [0.1, 0.15) is 5.82 Å². The summed E-state index contributed by atoms with van der Waals surface area (Å²) < 4.78 is 0.845. The highest BCUT2D eigenvalue weighted by Crippen LogP contribution is 2.26. The van der Waals surface area contributed by atoms with Gasteiger partial charge >= 0.3 is 0 Å². The Labute approximate surface area is 103 Å². The molecule has 0 radical (unpaired) electrons. The first-order valence-corrected chi connectivity index (χ1v) is 5.64. The summed E-state index contributed by atoms with van der Waals surface area (Å²) in [7, 11) is 1.88. The van der Waals surface area contributed by atoms with Crippen molar-refractivity contribution in [2.45, 2.75) is 19.4 Å². The van der Waals surface area contributed by atoms with Crippen LogP contribution >= 0.6 is 27.5 Å². The Balaban J connectivity index is 2.91. The van der Waals surface area contributed by atoms with Crippen molar-refractivity contribution in [3.05, 3.63) is 21.8 Å². The van der Waals surface area contributed by atoms with Gasteiger partial charge < -0.3 is 4.90 Å². The molecule has 0 aliphatic rings. The van der Waals surface area contributed by atoms with Gasteiger partial charge in [-0.1, -0.05) is 11.6 Å². The second kappa shape index (κ2) is 5.34. The molecule has 0 N–H and O–H groups in total. The average Bonchev–Trinajstić information content (AvgIpc) is 2.17. The van der Waals surface area contributed by atoms with E-state index in [0.717, 1.165) is 4.47 Å². The summed E-state index contributed by atoms with van der Waals surface area (Å²) >= 11 is 9.35. The number of anilines is 1. The first-order chi connectivity index (χ1) is 7.06. The van der Waals surface area contributed by atoms with Crippen molar-refractivity contribution in [2.24, 2.45) is 0 Å². The molecule has 0 bridgehead atoms. The van der Waals surface area contributed by atoms with Crippen LogP contribution in [0.3, 0.4) is 0 Å². The number of aromatic nitrogens is 1. The van der Waals surface area contributed by atoms with Crippen LogP contribution in [0.4, 0.5) is 5.82 Å². The summed E-state index contributed by atoms with van der Waals surface area (Å²) in [6.07, 6.45) is 2.14. The van der Waals surface area contributed by atoms with Gasteiger partial charge in [0.2, 0.25) is 0 Å². The molecule has 3 nitrogen and oxygen atoms in total. The van der Waals surface area contributed by atoms with Gasteiger partial charge in [0, 0.05) is 23.8 Å². The smallest absolute Gasteiger partial charge is 0.147 e. The number of nitrogens with zero attached hydrogens (tertiary/aromatic N) is 3. The predicted octanol–water partition coefficient (Wildman–Crippen LogP) is 3.24. The minimum atomic E-state index is 0.0983. The minimum Gasteiger partial charge on any atom is -0.355 e. The first kappa shape index (κ1) is 12.3. The van der Waals surface area contributed by atoms with Gasteiger partial charge in [0.15, 0.2) is 0 Å². The van der Waals surface area contributed by atoms with Crippen molar-refractivity contribution < 1.29 is 0 Å². The number of rotatable bonds is 3. The summed E-state index contributed by atoms with van der Waals surface area (Å²) in [5.74, 6) is 0.697. The molecule has 0 saturated carbocycles. The molecule has 1 unspecified atom stereocenters. The zero-order valence-electron chi connectivity index (χ0n) is 8.54. The Morgan fingerprint density at radius 2 is 2.40 bits per heavy atom. The molecule has 15 heavy (non-hydrogen) atoms. The van der Waals surface area contributed by atoms with Crippen molar-refractivity contribution in [2.75, 3.05) is 11.9 Å². The van der Waals surface area contributed by atoms with Crippen LogP contribution in [-0.2, 0) is 0 Å². The number of pyridine rings is 1. The summed E-state index contributed by atoms with van der Waals surface area (Å²) in [4.78, 5) is 6.12. The highest BCUT2D eigenvalue weighted by molar-refractivity contribution is 9.10. The lowest BCUT2D eigenvalue weighted by Gasteiger charge is -2.24. The van der Waals surface area contributed by atoms with Crippen LogP contribution in [-0.4, -0.2) is 18.1 Å². The van der Waals surface area contributed by atoms with E-state index in [-0.39, 0.29) is 6.04 Å². The third-order valence-electron chi connectivity index (χ3n) is 2.17. The van der Waals surface area contributed by atoms with Crippen molar-refractivity contribution in [1.29, 1.82) is 5.26 Å². The van der Waals surface area contributed by atoms with E-state index in [9.17, 15) is 0 Å². The standard InChI is InChI=1S/C10H11BrClN3/c1-7(3-4-13)15(2)10-9(12)5-8(11)6-14-10/h5-7H,3H2,1-2H3. The number of hydrogen-bond acceptors (Lipinski definition) is 3. The van der Waals surface area contributed by atoms with Crippen molar-refractivity contribution in [3.8, 4) is 6.07 Å². The van der Waals surface area contributed by atoms with Gasteiger partial charge in [0.05, 0.1) is 17.5 Å². The number of nitriles is 1. The lowest BCUT2D eigenvalue weighted by Crippen LogP contribution is -2.29. The highest BCUT2D eigenvalue weighted by Gasteiger charge is 2.13. The molecule has 0 amide bonds. The molecule has 0 saturated heterocycles. The number of hydrogen-bond donors (Lipinski definition) is 0. The Hall–Kier alpha value is -0.790. The molecule has 0 spiro atoms. The van der Waals surface area contributed by atoms with Crippen LogP contribution < -0.4 is 4.90 Å². The molecule has 1 heterocycles. The molecular weight excluding hydrogens is 277 g/mol. The van der Waals surface area contributed by atoms with E-state index in [2.05, 4.69) is 27.0 Å². The average molecular weight is 289 g/mol. The van der Waals surface area contributed by atoms with Crippen molar-refractivity contribution >= 4 is 33.3 Å². The fraction of sp³-hybridized carbons (Fsp3) is 0.400. The molecule has 0 aliphatic heterocycles. The van der Waals surface area contributed by atoms with Crippen LogP contribution in [0.15, 0.2) is 16.7 Å². The Morgan fingerprint density at radius 1 is 1.73 bits per heavy atom. The quantitative estimate of drug-likeness (QED) is 0.857. The van der Waals surface area contributed by atoms with Gasteiger partial charge in [-0.2, -0.15) is 5.26 Å². The van der Waals surface area contributed by atoms with E-state index < -0.39 is 0 Å². The SMILES string of the molecule is CC(CC#N)N(C)c1ncc(Br)cc1Cl. The van der Waals surface area contributed by atoms with Crippen LogP contribution in [0.1, 0.15) is 13.3 Å². The third-order valence-corrected chi connectivity index (χ3v) is 2.88. The van der Waals surface area contributed by atoms with E-state index in [4.69, 9.17) is 16.9 Å². The molecule has 80 valence electrons. The Bertz CT molecular complexity index is 389. The topological polar surface area (TPSA) is 39.9 Å². The summed E-state index contributed by atoms with van der Waals surface area (Å²) in [6.45, 7) is 1.96. The van der Waals surface area contributed by atoms with Gasteiger partial charge in [-0.3, -0.25) is 0 Å². The van der Waals surface area contributed by atoms with Crippen molar-refractivity contribution in [1.82, 2.24) is 4.98 Å². The molecular formula is C10H11BrClN3. The van der Waals surface area contributed by atoms with Gasteiger partial charge in [-0.05, 0) is 28.9 Å². The van der Waals surface area contributed by atoms with E-state index in [1.807, 2.05) is 18.9 Å². The number of halogens is 2. The van der Waals surface area contributed by atoms with E-state index in [1.165, 1.54) is 0 Å². The van der Waals surface area contributed by atoms with E-state index in [0.29, 0.717) is 17.3 Å². The predicted molar refractivity (Wildman–Crippen MR) is 65.0 cm³/mol. The maximum Gasteiger partial charge on any atom is 0.147 e. The van der Waals surface area contributed by atoms with E-state index in [1.54, 1.807) is 12.3 Å². The molecule has 0 aromatic carbocycles. The van der Waals surface area contributed by atoms with Crippen molar-refractivity contribution in [3.63, 3.8) is 0 Å². The summed E-state index contributed by atoms with van der Waals surface area (Å²) in [5.41, 5.74) is 0. The maximum atomic E-state index is 8.61. The zero-order valence-corrected chi connectivity index (χ0v) is 10.9. The molecule has 1 atom stereocenters. The molecule has 0 fully saturated rings. The normalized spacial score (nSPS) is 11.9.